The quantitative estimate of drug-likeness (QED) is 0.792. The van der Waals surface area contributed by atoms with E-state index in [1.165, 1.54) is 11.7 Å². The van der Waals surface area contributed by atoms with Crippen molar-refractivity contribution in [1.29, 1.82) is 0 Å². The van der Waals surface area contributed by atoms with Crippen LogP contribution in [-0.4, -0.2) is 25.2 Å². The van der Waals surface area contributed by atoms with Gasteiger partial charge in [0.2, 0.25) is 10.0 Å². The van der Waals surface area contributed by atoms with Crippen LogP contribution in [0, 0.1) is 6.92 Å². The summed E-state index contributed by atoms with van der Waals surface area (Å²) >= 11 is 0. The van der Waals surface area contributed by atoms with Gasteiger partial charge in [0.05, 0.1) is 11.2 Å². The van der Waals surface area contributed by atoms with Crippen molar-refractivity contribution in [2.45, 2.75) is 38.1 Å². The molecule has 0 atom stereocenters. The van der Waals surface area contributed by atoms with E-state index in [-0.39, 0.29) is 16.3 Å². The lowest BCUT2D eigenvalue weighted by atomic mass is 10.1. The van der Waals surface area contributed by atoms with Crippen LogP contribution in [0.3, 0.4) is 0 Å². The summed E-state index contributed by atoms with van der Waals surface area (Å²) in [5, 5.41) is 4.17. The van der Waals surface area contributed by atoms with Gasteiger partial charge in [-0.05, 0) is 34.7 Å². The molecule has 92 valence electrons. The van der Waals surface area contributed by atoms with Crippen molar-refractivity contribution >= 4 is 15.8 Å². The van der Waals surface area contributed by atoms with Crippen LogP contribution in [0.4, 0.5) is 5.82 Å². The second kappa shape index (κ2) is 3.74. The third-order valence-corrected chi connectivity index (χ3v) is 3.79. The zero-order chi connectivity index (χ0) is 12.7. The van der Waals surface area contributed by atoms with Crippen LogP contribution in [0.25, 0.3) is 0 Å². The molecule has 1 rings (SSSR count). The normalized spacial score (nSPS) is 13.1. The van der Waals surface area contributed by atoms with Crippen LogP contribution in [0.15, 0.2) is 4.90 Å². The van der Waals surface area contributed by atoms with Crippen LogP contribution in [0.1, 0.15) is 26.5 Å². The molecule has 0 aliphatic carbocycles. The molecule has 0 fully saturated rings. The molecule has 7 heteroatoms. The Hall–Kier alpha value is -1.08. The number of sulfonamides is 1. The number of rotatable bonds is 2. The monoisotopic (exact) mass is 246 g/mol. The first-order chi connectivity index (χ1) is 7.11. The first kappa shape index (κ1) is 13.0. The highest BCUT2D eigenvalue weighted by Crippen LogP contribution is 2.27. The fourth-order valence-electron chi connectivity index (χ4n) is 1.48. The van der Waals surface area contributed by atoms with Crippen LogP contribution < -0.4 is 10.5 Å². The second-order valence-electron chi connectivity index (χ2n) is 4.59. The fourth-order valence-corrected chi connectivity index (χ4v) is 2.47. The molecule has 0 aromatic carbocycles. The number of aromatic nitrogens is 2. The van der Waals surface area contributed by atoms with E-state index in [0.717, 1.165) is 0 Å². The molecule has 0 saturated heterocycles. The number of nitrogens with one attached hydrogen (secondary N) is 1. The molecule has 0 aliphatic rings. The summed E-state index contributed by atoms with van der Waals surface area (Å²) in [5.74, 6) is 0.166. The van der Waals surface area contributed by atoms with E-state index < -0.39 is 10.0 Å². The predicted octanol–water partition coefficient (Wildman–Crippen LogP) is 0.437. The summed E-state index contributed by atoms with van der Waals surface area (Å²) in [4.78, 5) is 0.0601. The first-order valence-electron chi connectivity index (χ1n) is 4.90. The number of hydrogen-bond donors (Lipinski definition) is 2. The molecule has 1 heterocycles. The number of nitrogen functional groups attached to an aromatic ring is 1. The van der Waals surface area contributed by atoms with Crippen molar-refractivity contribution in [2.75, 3.05) is 12.8 Å². The van der Waals surface area contributed by atoms with Crippen LogP contribution >= 0.6 is 0 Å². The molecule has 16 heavy (non-hydrogen) atoms. The molecule has 1 aromatic heterocycles. The van der Waals surface area contributed by atoms with Gasteiger partial charge in [-0.25, -0.2) is 17.8 Å². The van der Waals surface area contributed by atoms with E-state index in [2.05, 4.69) is 9.82 Å². The number of hydrogen-bond acceptors (Lipinski definition) is 4. The fraction of sp³-hybridized carbons (Fsp3) is 0.667. The summed E-state index contributed by atoms with van der Waals surface area (Å²) in [7, 11) is -2.21. The molecule has 0 amide bonds. The van der Waals surface area contributed by atoms with Gasteiger partial charge in [0.1, 0.15) is 10.7 Å². The van der Waals surface area contributed by atoms with Gasteiger partial charge in [-0.15, -0.1) is 0 Å². The highest BCUT2D eigenvalue weighted by Gasteiger charge is 2.28. The van der Waals surface area contributed by atoms with Gasteiger partial charge in [0.25, 0.3) is 0 Å². The van der Waals surface area contributed by atoms with Gasteiger partial charge >= 0.3 is 0 Å². The van der Waals surface area contributed by atoms with E-state index in [4.69, 9.17) is 5.73 Å². The Morgan fingerprint density at radius 3 is 2.19 bits per heavy atom. The standard InChI is InChI=1S/C9H18N4O2S/c1-6-7(16(14,15)11-5)8(10)13(12-6)9(2,3)4/h11H,10H2,1-5H3. The van der Waals surface area contributed by atoms with Crippen molar-refractivity contribution < 1.29 is 8.42 Å². The molecule has 3 N–H and O–H groups in total. The smallest absolute Gasteiger partial charge is 0.245 e. The summed E-state index contributed by atoms with van der Waals surface area (Å²) in [5.41, 5.74) is 5.89. The summed E-state index contributed by atoms with van der Waals surface area (Å²) < 4.78 is 27.2. The Labute approximate surface area is 95.9 Å². The van der Waals surface area contributed by atoms with Crippen molar-refractivity contribution in [3.63, 3.8) is 0 Å². The molecular formula is C9H18N4O2S. The Kier molecular flexibility index (Phi) is 3.04. The minimum atomic E-state index is -3.56. The SMILES string of the molecule is CNS(=O)(=O)c1c(C)nn(C(C)(C)C)c1N. The van der Waals surface area contributed by atoms with Gasteiger partial charge in [0.15, 0.2) is 0 Å². The van der Waals surface area contributed by atoms with Crippen molar-refractivity contribution in [2.24, 2.45) is 0 Å². The average molecular weight is 246 g/mol. The summed E-state index contributed by atoms with van der Waals surface area (Å²) in [6.45, 7) is 7.35. The third-order valence-electron chi connectivity index (χ3n) is 2.21. The highest BCUT2D eigenvalue weighted by molar-refractivity contribution is 7.89. The van der Waals surface area contributed by atoms with E-state index in [1.54, 1.807) is 6.92 Å². The lowest BCUT2D eigenvalue weighted by molar-refractivity contribution is 0.360. The molecule has 6 nitrogen and oxygen atoms in total. The largest absolute Gasteiger partial charge is 0.383 e. The van der Waals surface area contributed by atoms with Crippen molar-refractivity contribution in [1.82, 2.24) is 14.5 Å². The molecule has 0 radical (unpaired) electrons. The summed E-state index contributed by atoms with van der Waals surface area (Å²) in [6.07, 6.45) is 0. The van der Waals surface area contributed by atoms with Crippen molar-refractivity contribution in [3.8, 4) is 0 Å². The Bertz CT molecular complexity index is 496. The predicted molar refractivity (Wildman–Crippen MR) is 62.6 cm³/mol. The van der Waals surface area contributed by atoms with Crippen molar-refractivity contribution in [3.05, 3.63) is 5.69 Å². The number of anilines is 1. The highest BCUT2D eigenvalue weighted by atomic mass is 32.2. The van der Waals surface area contributed by atoms with Crippen LogP contribution in [-0.2, 0) is 15.6 Å². The Morgan fingerprint density at radius 1 is 1.38 bits per heavy atom. The molecule has 0 bridgehead atoms. The van der Waals surface area contributed by atoms with Gasteiger partial charge < -0.3 is 5.73 Å². The average Bonchev–Trinajstić information content (AvgIpc) is 2.41. The van der Waals surface area contributed by atoms with E-state index >= 15 is 0 Å². The zero-order valence-electron chi connectivity index (χ0n) is 10.2. The number of nitrogens with zero attached hydrogens (tertiary/aromatic N) is 2. The Morgan fingerprint density at radius 2 is 1.88 bits per heavy atom. The van der Waals surface area contributed by atoms with Gasteiger partial charge in [-0.3, -0.25) is 0 Å². The maximum absolute atomic E-state index is 11.7. The lowest BCUT2D eigenvalue weighted by Gasteiger charge is -2.20. The van der Waals surface area contributed by atoms with Gasteiger partial charge in [-0.1, -0.05) is 0 Å². The minimum Gasteiger partial charge on any atom is -0.383 e. The topological polar surface area (TPSA) is 90.0 Å². The molecule has 1 aromatic rings. The Balaban J connectivity index is 3.52. The van der Waals surface area contributed by atoms with E-state index in [9.17, 15) is 8.42 Å². The first-order valence-corrected chi connectivity index (χ1v) is 6.38. The summed E-state index contributed by atoms with van der Waals surface area (Å²) in [6, 6.07) is 0. The third kappa shape index (κ3) is 2.05. The van der Waals surface area contributed by atoms with Crippen LogP contribution in [0.2, 0.25) is 0 Å². The molecule has 0 saturated carbocycles. The zero-order valence-corrected chi connectivity index (χ0v) is 11.0. The molecule has 0 aliphatic heterocycles. The number of aryl methyl sites for hydroxylation is 1. The second-order valence-corrected chi connectivity index (χ2v) is 6.41. The maximum Gasteiger partial charge on any atom is 0.245 e. The molecule has 0 unspecified atom stereocenters. The van der Waals surface area contributed by atoms with Gasteiger partial charge in [-0.2, -0.15) is 5.10 Å². The van der Waals surface area contributed by atoms with Crippen LogP contribution in [0.5, 0.6) is 0 Å². The lowest BCUT2D eigenvalue weighted by Crippen LogP contribution is -2.26. The van der Waals surface area contributed by atoms with E-state index in [1.807, 2.05) is 20.8 Å². The molecular weight excluding hydrogens is 228 g/mol. The maximum atomic E-state index is 11.7. The van der Waals surface area contributed by atoms with Gasteiger partial charge in [0, 0.05) is 0 Å². The number of nitrogens with two attached hydrogens (primary N) is 1. The molecule has 0 spiro atoms. The van der Waals surface area contributed by atoms with E-state index in [0.29, 0.717) is 5.69 Å². The minimum absolute atomic E-state index is 0.0601.